The monoisotopic (exact) mass is 693 g/mol. The number of aliphatic hydroxyl groups excluding tert-OH is 1. The maximum Gasteiger partial charge on any atom is 0.257 e. The van der Waals surface area contributed by atoms with E-state index >= 15 is 0 Å². The number of halogens is 1. The first-order chi connectivity index (χ1) is 24.9. The van der Waals surface area contributed by atoms with Crippen molar-refractivity contribution >= 4 is 50.9 Å². The molecule has 1 aliphatic heterocycles. The van der Waals surface area contributed by atoms with Crippen molar-refractivity contribution in [3.63, 3.8) is 0 Å². The Morgan fingerprint density at radius 3 is 2.36 bits per heavy atom. The number of aryl methyl sites for hydroxylation is 2. The highest BCUT2D eigenvalue weighted by atomic mass is 79.9. The molecule has 3 aromatic rings. The molecule has 1 aliphatic rings. The van der Waals surface area contributed by atoms with Crippen LogP contribution in [0.1, 0.15) is 50.6 Å². The summed E-state index contributed by atoms with van der Waals surface area (Å²) >= 11 is 3.06. The van der Waals surface area contributed by atoms with E-state index in [1.165, 1.54) is 19.2 Å². The molecule has 3 aromatic carbocycles. The van der Waals surface area contributed by atoms with E-state index in [1.807, 2.05) is 6.07 Å². The van der Waals surface area contributed by atoms with Crippen LogP contribution in [0, 0.1) is 13.8 Å². The molecule has 0 saturated carbocycles. The molecular weight excluding hydrogens is 652 g/mol. The number of fused-ring (bicyclic) bond motifs is 1. The fourth-order valence-corrected chi connectivity index (χ4v) is 5.22. The molecule has 4 N–H and O–H groups in total. The summed E-state index contributed by atoms with van der Waals surface area (Å²) in [7, 11) is -8.52. The van der Waals surface area contributed by atoms with Crippen molar-refractivity contribution in [2.45, 2.75) is 26.3 Å². The van der Waals surface area contributed by atoms with Gasteiger partial charge in [0.1, 0.15) is 18.5 Å². The zero-order valence-corrected chi connectivity index (χ0v) is 25.6. The third-order valence-electron chi connectivity index (χ3n) is 6.72. The van der Waals surface area contributed by atoms with Gasteiger partial charge in [-0.25, -0.2) is 0 Å². The Bertz CT molecular complexity index is 1970. The van der Waals surface area contributed by atoms with E-state index in [1.54, 1.807) is 26.0 Å². The summed E-state index contributed by atoms with van der Waals surface area (Å²) in [6, 6.07) is 7.05. The highest BCUT2D eigenvalue weighted by Gasteiger charge is 2.35. The van der Waals surface area contributed by atoms with Crippen LogP contribution in [0.2, 0.25) is 0 Å². The van der Waals surface area contributed by atoms with Crippen LogP contribution in [0.4, 0.5) is 11.4 Å². The van der Waals surface area contributed by atoms with Gasteiger partial charge in [-0.1, -0.05) is 6.07 Å². The van der Waals surface area contributed by atoms with E-state index in [9.17, 15) is 19.2 Å². The van der Waals surface area contributed by atoms with Crippen LogP contribution < -0.4 is 34.9 Å². The molecule has 1 unspecified atom stereocenters. The first kappa shape index (κ1) is 22.7. The predicted octanol–water partition coefficient (Wildman–Crippen LogP) is 3.99. The van der Waals surface area contributed by atoms with Gasteiger partial charge in [-0.05, 0) is 71.2 Å². The lowest BCUT2D eigenvalue weighted by atomic mass is 10.1. The number of aliphatic hydroxyl groups is 1. The molecule has 0 aliphatic carbocycles. The molecule has 4 amide bonds. The quantitative estimate of drug-likeness (QED) is 0.230. The number of rotatable bonds is 10. The number of ether oxygens (including phenoxy) is 4. The molecule has 0 fully saturated rings. The fourth-order valence-electron chi connectivity index (χ4n) is 4.66. The summed E-state index contributed by atoms with van der Waals surface area (Å²) in [6.07, 6.45) is -0.505. The minimum atomic E-state index is -3.28. The minimum absolute atomic E-state index is 0.109. The molecule has 13 nitrogen and oxygen atoms in total. The van der Waals surface area contributed by atoms with Crippen LogP contribution >= 0.6 is 15.9 Å². The molecule has 0 bridgehead atoms. The van der Waals surface area contributed by atoms with Crippen molar-refractivity contribution in [2.24, 2.45) is 0 Å². The molecule has 14 heteroatoms. The molecule has 4 rings (SSSR count). The molecule has 1 heterocycles. The van der Waals surface area contributed by atoms with Gasteiger partial charge in [0.25, 0.3) is 11.8 Å². The Balaban J connectivity index is 1.90. The van der Waals surface area contributed by atoms with Gasteiger partial charge in [0, 0.05) is 7.05 Å². The van der Waals surface area contributed by atoms with E-state index < -0.39 is 91.2 Å². The van der Waals surface area contributed by atoms with Gasteiger partial charge in [-0.15, -0.1) is 0 Å². The summed E-state index contributed by atoms with van der Waals surface area (Å²) < 4.78 is 88.7. The number of benzene rings is 3. The molecule has 238 valence electrons. The second-order valence-electron chi connectivity index (χ2n) is 9.86. The summed E-state index contributed by atoms with van der Waals surface area (Å²) in [6.45, 7) is 2.90. The highest BCUT2D eigenvalue weighted by Crippen LogP contribution is 2.45. The molecule has 1 atom stereocenters. The lowest BCUT2D eigenvalue weighted by molar-refractivity contribution is -0.128. The number of hydrogen-bond acceptors (Lipinski definition) is 9. The Hall–Kier alpha value is -4.82. The average Bonchev–Trinajstić information content (AvgIpc) is 3.08. The van der Waals surface area contributed by atoms with Gasteiger partial charge in [0.05, 0.1) is 66.8 Å². The van der Waals surface area contributed by atoms with Crippen LogP contribution in [0.5, 0.6) is 28.7 Å². The van der Waals surface area contributed by atoms with Gasteiger partial charge >= 0.3 is 0 Å². The van der Waals surface area contributed by atoms with Crippen molar-refractivity contribution in [3.05, 3.63) is 63.1 Å². The SMILES string of the molecule is [2H]C([2H])([2H])Oc1cc(C(=O)Nc2cc3c(cc2Oc2cc(C)cc(C)c2)C(=O)N(C)C(CC(=O)NCO)C(=O)N3)c(Br)c(OC([2H])([2H])[2H])c1OC([2H])([2H])[2H]. The first-order valence-electron chi connectivity index (χ1n) is 17.5. The van der Waals surface area contributed by atoms with Crippen molar-refractivity contribution in [2.75, 3.05) is 45.5 Å². The second-order valence-corrected chi connectivity index (χ2v) is 10.7. The average molecular weight is 695 g/mol. The second kappa shape index (κ2) is 13.9. The Morgan fingerprint density at radius 1 is 1.00 bits per heavy atom. The van der Waals surface area contributed by atoms with Crippen LogP contribution in [-0.4, -0.2) is 74.6 Å². The molecule has 0 spiro atoms. The third kappa shape index (κ3) is 6.97. The van der Waals surface area contributed by atoms with E-state index in [2.05, 4.69) is 31.9 Å². The third-order valence-corrected chi connectivity index (χ3v) is 7.51. The highest BCUT2D eigenvalue weighted by molar-refractivity contribution is 9.10. The number of anilines is 2. The van der Waals surface area contributed by atoms with Gasteiger partial charge < -0.3 is 44.9 Å². The minimum Gasteiger partial charge on any atom is -0.493 e. The van der Waals surface area contributed by atoms with Gasteiger partial charge in [-0.2, -0.15) is 0 Å². The van der Waals surface area contributed by atoms with Crippen molar-refractivity contribution in [1.82, 2.24) is 10.2 Å². The number of hydrogen-bond donors (Lipinski definition) is 4. The van der Waals surface area contributed by atoms with Crippen LogP contribution in [-0.2, 0) is 9.59 Å². The van der Waals surface area contributed by atoms with Crippen molar-refractivity contribution in [3.8, 4) is 28.7 Å². The lowest BCUT2D eigenvalue weighted by Crippen LogP contribution is -2.45. The van der Waals surface area contributed by atoms with E-state index in [4.69, 9.17) is 36.4 Å². The number of methoxy groups -OCH3 is 3. The van der Waals surface area contributed by atoms with Gasteiger partial charge in [-0.3, -0.25) is 19.2 Å². The lowest BCUT2D eigenvalue weighted by Gasteiger charge is -2.23. The standard InChI is InChI=1S/C31H33BrN4O9/c1-15-7-16(2)9-17(8-15)45-23-10-18-20(34-30(40)22(36(3)31(18)41)13-25(38)33-14-37)12-21(23)35-29(39)19-11-24(42-4)27(43-5)28(44-6)26(19)32/h7-12,22,37H,13-14H2,1-6H3,(H,33,38)(H,34,40)(H,35,39)/i4D3,5D3,6D3. The van der Waals surface area contributed by atoms with Crippen LogP contribution in [0.3, 0.4) is 0 Å². The number of carbonyl (C=O) groups is 4. The summed E-state index contributed by atoms with van der Waals surface area (Å²) in [5.74, 6) is -6.00. The van der Waals surface area contributed by atoms with Crippen LogP contribution in [0.15, 0.2) is 40.9 Å². The molecule has 0 radical (unpaired) electrons. The smallest absolute Gasteiger partial charge is 0.257 e. The molecule has 0 saturated heterocycles. The molecule has 0 aromatic heterocycles. The zero-order chi connectivity index (χ0) is 40.5. The van der Waals surface area contributed by atoms with Crippen molar-refractivity contribution in [1.29, 1.82) is 0 Å². The van der Waals surface area contributed by atoms with E-state index in [0.717, 1.165) is 22.1 Å². The first-order valence-corrected chi connectivity index (χ1v) is 13.8. The number of amides is 4. The normalized spacial score (nSPS) is 17.9. The van der Waals surface area contributed by atoms with Crippen LogP contribution in [0.25, 0.3) is 0 Å². The van der Waals surface area contributed by atoms with E-state index in [0.29, 0.717) is 0 Å². The maximum atomic E-state index is 14.1. The largest absolute Gasteiger partial charge is 0.493 e. The summed E-state index contributed by atoms with van der Waals surface area (Å²) in [5.41, 5.74) is 0.629. The number of nitrogens with zero attached hydrogens (tertiary/aromatic N) is 1. The Labute approximate surface area is 280 Å². The number of nitrogens with one attached hydrogen (secondary N) is 3. The number of carbonyl (C=O) groups excluding carboxylic acids is 4. The maximum absolute atomic E-state index is 14.1. The topological polar surface area (TPSA) is 165 Å². The van der Waals surface area contributed by atoms with Crippen molar-refractivity contribution < 1.29 is 55.6 Å². The molecular formula is C31H33BrN4O9. The zero-order valence-electron chi connectivity index (χ0n) is 33.0. The number of likely N-dealkylation sites (N-methyl/N-ethyl adjacent to an activating group) is 1. The van der Waals surface area contributed by atoms with E-state index in [-0.39, 0.29) is 28.4 Å². The Kier molecular flexibility index (Phi) is 6.98. The fraction of sp³-hybridized carbons (Fsp3) is 0.290. The Morgan fingerprint density at radius 2 is 1.69 bits per heavy atom. The summed E-state index contributed by atoms with van der Waals surface area (Å²) in [4.78, 5) is 54.4. The molecule has 45 heavy (non-hydrogen) atoms. The summed E-state index contributed by atoms with van der Waals surface area (Å²) in [5, 5.41) is 16.3. The van der Waals surface area contributed by atoms with Gasteiger partial charge in [0.15, 0.2) is 17.2 Å². The van der Waals surface area contributed by atoms with Gasteiger partial charge in [0.2, 0.25) is 17.6 Å². The predicted molar refractivity (Wildman–Crippen MR) is 169 cm³/mol.